The molecule has 0 radical (unpaired) electrons. The van der Waals surface area contributed by atoms with Gasteiger partial charge in [0.2, 0.25) is 0 Å². The summed E-state index contributed by atoms with van der Waals surface area (Å²) < 4.78 is 5.14. The number of carbonyl (C=O) groups is 2. The molecular formula is C17H33NO4Si. The summed E-state index contributed by atoms with van der Waals surface area (Å²) in [6.45, 7) is 18.1. The molecule has 0 saturated heterocycles. The third-order valence-corrected chi connectivity index (χ3v) is 9.11. The number of ether oxygens (including phenoxy) is 1. The van der Waals surface area contributed by atoms with E-state index in [-0.39, 0.29) is 11.0 Å². The summed E-state index contributed by atoms with van der Waals surface area (Å²) in [6.07, 6.45) is 1.20. The molecule has 0 heterocycles. The number of hydrogen-bond donors (Lipinski definition) is 2. The van der Waals surface area contributed by atoms with Crippen LogP contribution in [0.3, 0.4) is 0 Å². The summed E-state index contributed by atoms with van der Waals surface area (Å²) in [5.74, 6) is -1.39. The maximum atomic E-state index is 11.8. The fourth-order valence-corrected chi connectivity index (χ4v) is 2.89. The van der Waals surface area contributed by atoms with Crippen molar-refractivity contribution in [1.29, 1.82) is 0 Å². The molecule has 2 unspecified atom stereocenters. The first-order chi connectivity index (χ1) is 10.1. The second-order valence-corrected chi connectivity index (χ2v) is 13.9. The van der Waals surface area contributed by atoms with Crippen molar-refractivity contribution in [3.63, 3.8) is 0 Å². The lowest BCUT2D eigenvalue weighted by Gasteiger charge is -2.34. The van der Waals surface area contributed by atoms with Crippen LogP contribution in [0.25, 0.3) is 0 Å². The number of nitrogens with one attached hydrogen (secondary N) is 1. The van der Waals surface area contributed by atoms with E-state index in [9.17, 15) is 14.7 Å². The molecule has 0 saturated carbocycles. The van der Waals surface area contributed by atoms with Crippen LogP contribution in [-0.2, 0) is 9.53 Å². The minimum atomic E-state index is -1.64. The molecule has 0 aliphatic rings. The van der Waals surface area contributed by atoms with Crippen LogP contribution < -0.4 is 5.32 Å². The van der Waals surface area contributed by atoms with E-state index >= 15 is 0 Å². The molecule has 23 heavy (non-hydrogen) atoms. The zero-order chi connectivity index (χ0) is 18.6. The van der Waals surface area contributed by atoms with Crippen LogP contribution in [0.5, 0.6) is 0 Å². The third kappa shape index (κ3) is 7.68. The molecule has 0 aromatic heterocycles. The van der Waals surface area contributed by atoms with E-state index in [1.54, 1.807) is 27.7 Å². The molecule has 0 aromatic carbocycles. The molecule has 5 nitrogen and oxygen atoms in total. The van der Waals surface area contributed by atoms with Gasteiger partial charge in [-0.2, -0.15) is 0 Å². The van der Waals surface area contributed by atoms with E-state index in [0.29, 0.717) is 0 Å². The fraction of sp³-hybridized carbons (Fsp3) is 0.765. The minimum absolute atomic E-state index is 0.181. The normalized spacial score (nSPS) is 16.0. The van der Waals surface area contributed by atoms with Crippen LogP contribution in [0.4, 0.5) is 4.79 Å². The van der Waals surface area contributed by atoms with Gasteiger partial charge in [0.25, 0.3) is 0 Å². The highest BCUT2D eigenvalue weighted by molar-refractivity contribution is 6.84. The quantitative estimate of drug-likeness (QED) is 0.733. The number of amides is 1. The smallest absolute Gasteiger partial charge is 0.408 e. The Morgan fingerprint density at radius 1 is 1.13 bits per heavy atom. The molecule has 2 N–H and O–H groups in total. The highest BCUT2D eigenvalue weighted by atomic mass is 28.3. The minimum Gasteiger partial charge on any atom is -0.480 e. The van der Waals surface area contributed by atoms with Gasteiger partial charge in [-0.1, -0.05) is 52.6 Å². The maximum absolute atomic E-state index is 11.8. The lowest BCUT2D eigenvalue weighted by atomic mass is 10.0. The molecule has 0 aliphatic heterocycles. The van der Waals surface area contributed by atoms with Gasteiger partial charge in [0.05, 0.1) is 8.07 Å². The number of carbonyl (C=O) groups excluding carboxylic acids is 1. The van der Waals surface area contributed by atoms with Gasteiger partial charge in [0, 0.05) is 5.92 Å². The molecule has 6 heteroatoms. The Bertz CT molecular complexity index is 458. The molecule has 0 bridgehead atoms. The summed E-state index contributed by atoms with van der Waals surface area (Å²) >= 11 is 0. The lowest BCUT2D eigenvalue weighted by molar-refractivity contribution is -0.140. The Balaban J connectivity index is 5.06. The Hall–Kier alpha value is -1.30. The summed E-state index contributed by atoms with van der Waals surface area (Å²) in [5.41, 5.74) is 1.50. The topological polar surface area (TPSA) is 75.6 Å². The third-order valence-electron chi connectivity index (χ3n) is 4.21. The average molecular weight is 344 g/mol. The average Bonchev–Trinajstić information content (AvgIpc) is 2.29. The van der Waals surface area contributed by atoms with Crippen molar-refractivity contribution in [2.45, 2.75) is 78.2 Å². The molecular weight excluding hydrogens is 310 g/mol. The van der Waals surface area contributed by atoms with Crippen molar-refractivity contribution in [3.8, 4) is 0 Å². The number of carboxylic acids is 1. The van der Waals surface area contributed by atoms with Crippen molar-refractivity contribution < 1.29 is 19.4 Å². The van der Waals surface area contributed by atoms with E-state index in [2.05, 4.69) is 44.9 Å². The Kier molecular flexibility index (Phi) is 7.09. The second-order valence-electron chi connectivity index (χ2n) is 8.65. The molecule has 0 aliphatic carbocycles. The van der Waals surface area contributed by atoms with Gasteiger partial charge in [-0.25, -0.2) is 9.59 Å². The van der Waals surface area contributed by atoms with Crippen molar-refractivity contribution >= 4 is 20.1 Å². The standard InChI is InChI=1S/C17H33NO4Si/c1-12(10-11-23(8,9)17(5,6)7)13(14(19)20)18-15(21)22-16(2,3)4/h10-13H,1-9H3,(H,18,21)(H,19,20). The van der Waals surface area contributed by atoms with E-state index in [1.807, 2.05) is 6.08 Å². The molecule has 0 spiro atoms. The van der Waals surface area contributed by atoms with E-state index in [1.165, 1.54) is 0 Å². The van der Waals surface area contributed by atoms with Gasteiger partial charge >= 0.3 is 12.1 Å². The summed E-state index contributed by atoms with van der Waals surface area (Å²) in [7, 11) is -1.64. The van der Waals surface area contributed by atoms with Crippen LogP contribution in [0.2, 0.25) is 18.1 Å². The fourth-order valence-electron chi connectivity index (χ4n) is 1.61. The largest absolute Gasteiger partial charge is 0.480 e. The Morgan fingerprint density at radius 3 is 1.96 bits per heavy atom. The molecule has 0 aromatic rings. The van der Waals surface area contributed by atoms with Crippen LogP contribution in [0.15, 0.2) is 11.8 Å². The van der Waals surface area contributed by atoms with E-state index in [4.69, 9.17) is 4.74 Å². The maximum Gasteiger partial charge on any atom is 0.408 e. The van der Waals surface area contributed by atoms with Crippen molar-refractivity contribution in [2.75, 3.05) is 0 Å². The predicted molar refractivity (Wildman–Crippen MR) is 96.3 cm³/mol. The predicted octanol–water partition coefficient (Wildman–Crippen LogP) is 4.20. The zero-order valence-corrected chi connectivity index (χ0v) is 17.0. The Labute approximate surface area is 141 Å². The first kappa shape index (κ1) is 21.7. The SMILES string of the molecule is CC(C=C[Si](C)(C)C(C)(C)C)C(NC(=O)OC(C)(C)C)C(=O)O. The van der Waals surface area contributed by atoms with Crippen LogP contribution >= 0.6 is 0 Å². The van der Waals surface area contributed by atoms with Crippen molar-refractivity contribution in [2.24, 2.45) is 5.92 Å². The molecule has 134 valence electrons. The number of hydrogen-bond acceptors (Lipinski definition) is 3. The van der Waals surface area contributed by atoms with E-state index < -0.39 is 31.8 Å². The van der Waals surface area contributed by atoms with Crippen LogP contribution in [0, 0.1) is 5.92 Å². The van der Waals surface area contributed by atoms with Crippen molar-refractivity contribution in [1.82, 2.24) is 5.32 Å². The number of rotatable bonds is 5. The molecule has 0 rings (SSSR count). The summed E-state index contributed by atoms with van der Waals surface area (Å²) in [6, 6.07) is -1.01. The van der Waals surface area contributed by atoms with Crippen LogP contribution in [-0.4, -0.2) is 36.9 Å². The number of aliphatic carboxylic acids is 1. The Morgan fingerprint density at radius 2 is 1.61 bits per heavy atom. The summed E-state index contributed by atoms with van der Waals surface area (Å²) in [4.78, 5) is 23.3. The van der Waals surface area contributed by atoms with Gasteiger partial charge in [0.1, 0.15) is 11.6 Å². The molecule has 0 fully saturated rings. The van der Waals surface area contributed by atoms with Gasteiger partial charge in [0.15, 0.2) is 0 Å². The first-order valence-electron chi connectivity index (χ1n) is 7.98. The van der Waals surface area contributed by atoms with Gasteiger partial charge in [-0.15, -0.1) is 0 Å². The van der Waals surface area contributed by atoms with Crippen LogP contribution in [0.1, 0.15) is 48.5 Å². The van der Waals surface area contributed by atoms with E-state index in [0.717, 1.165) is 0 Å². The van der Waals surface area contributed by atoms with Gasteiger partial charge in [-0.05, 0) is 25.8 Å². The lowest BCUT2D eigenvalue weighted by Crippen LogP contribution is -2.46. The number of alkyl carbamates (subject to hydrolysis) is 1. The summed E-state index contributed by atoms with van der Waals surface area (Å²) in [5, 5.41) is 12.0. The molecule has 1 amide bonds. The number of carboxylic acid groups (broad SMARTS) is 1. The second kappa shape index (κ2) is 7.51. The molecule has 2 atom stereocenters. The highest BCUT2D eigenvalue weighted by Gasteiger charge is 2.33. The van der Waals surface area contributed by atoms with Crippen molar-refractivity contribution in [3.05, 3.63) is 11.8 Å². The monoisotopic (exact) mass is 343 g/mol. The zero-order valence-electron chi connectivity index (χ0n) is 16.0. The first-order valence-corrected chi connectivity index (χ1v) is 11.1. The van der Waals surface area contributed by atoms with Gasteiger partial charge in [-0.3, -0.25) is 0 Å². The van der Waals surface area contributed by atoms with Gasteiger partial charge < -0.3 is 15.2 Å². The highest BCUT2D eigenvalue weighted by Crippen LogP contribution is 2.36.